The van der Waals surface area contributed by atoms with Crippen LogP contribution >= 0.6 is 0 Å². The molecule has 0 heterocycles. The van der Waals surface area contributed by atoms with Crippen molar-refractivity contribution in [1.82, 2.24) is 0 Å². The number of carbonyl (C=O) groups excluding carboxylic acids is 1. The van der Waals surface area contributed by atoms with E-state index in [0.29, 0.717) is 6.29 Å². The van der Waals surface area contributed by atoms with Crippen molar-refractivity contribution in [2.75, 3.05) is 5.32 Å². The molecular formula is C12H5FN4O. The number of hydrogen-bond acceptors (Lipinski definition) is 5. The van der Waals surface area contributed by atoms with Crippen LogP contribution in [0.5, 0.6) is 0 Å². The summed E-state index contributed by atoms with van der Waals surface area (Å²) in [5, 5.41) is 28.5. The first kappa shape index (κ1) is 12.9. The first-order valence-corrected chi connectivity index (χ1v) is 4.62. The van der Waals surface area contributed by atoms with Crippen LogP contribution in [0.4, 0.5) is 10.1 Å². The predicted molar refractivity (Wildman–Crippen MR) is 59.3 cm³/mol. The van der Waals surface area contributed by atoms with Gasteiger partial charge in [0.25, 0.3) is 0 Å². The lowest BCUT2D eigenvalue weighted by molar-refractivity contribution is 0.112. The van der Waals surface area contributed by atoms with E-state index >= 15 is 0 Å². The Labute approximate surface area is 102 Å². The molecule has 0 spiro atoms. The zero-order valence-electron chi connectivity index (χ0n) is 8.94. The summed E-state index contributed by atoms with van der Waals surface area (Å²) in [7, 11) is 0. The third-order valence-electron chi connectivity index (χ3n) is 1.99. The number of carbonyl (C=O) groups is 1. The van der Waals surface area contributed by atoms with E-state index in [1.165, 1.54) is 6.07 Å². The molecule has 0 bridgehead atoms. The van der Waals surface area contributed by atoms with E-state index in [0.717, 1.165) is 12.1 Å². The second-order valence-electron chi connectivity index (χ2n) is 3.06. The van der Waals surface area contributed by atoms with Gasteiger partial charge >= 0.3 is 0 Å². The van der Waals surface area contributed by atoms with Gasteiger partial charge in [-0.1, -0.05) is 0 Å². The Kier molecular flexibility index (Phi) is 4.15. The first-order chi connectivity index (χ1) is 8.65. The number of rotatable bonds is 3. The van der Waals surface area contributed by atoms with E-state index in [4.69, 9.17) is 15.8 Å². The highest BCUT2D eigenvalue weighted by atomic mass is 19.1. The molecule has 1 N–H and O–H groups in total. The van der Waals surface area contributed by atoms with Crippen molar-refractivity contribution in [3.8, 4) is 18.2 Å². The minimum atomic E-state index is -0.606. The normalized spacial score (nSPS) is 8.33. The summed E-state index contributed by atoms with van der Waals surface area (Å²) in [6, 6.07) is 8.02. The molecule has 5 nitrogen and oxygen atoms in total. The smallest absolute Gasteiger partial charge is 0.163 e. The molecule has 1 aromatic rings. The Bertz CT molecular complexity index is 628. The van der Waals surface area contributed by atoms with Gasteiger partial charge in [0.15, 0.2) is 11.9 Å². The van der Waals surface area contributed by atoms with Gasteiger partial charge < -0.3 is 5.32 Å². The molecule has 0 aliphatic heterocycles. The fourth-order valence-corrected chi connectivity index (χ4v) is 1.16. The van der Waals surface area contributed by atoms with Gasteiger partial charge in [0, 0.05) is 11.3 Å². The van der Waals surface area contributed by atoms with Crippen LogP contribution in [-0.4, -0.2) is 6.29 Å². The van der Waals surface area contributed by atoms with Crippen LogP contribution in [0.2, 0.25) is 0 Å². The fourth-order valence-electron chi connectivity index (χ4n) is 1.16. The van der Waals surface area contributed by atoms with E-state index in [-0.39, 0.29) is 16.9 Å². The van der Waals surface area contributed by atoms with Gasteiger partial charge in [0.05, 0.1) is 0 Å². The van der Waals surface area contributed by atoms with Crippen molar-refractivity contribution in [1.29, 1.82) is 15.8 Å². The SMILES string of the molecule is N#CC(C#N)=C(C#N)Nc1ccc(F)cc1C=O. The molecule has 0 fully saturated rings. The lowest BCUT2D eigenvalue weighted by Gasteiger charge is -2.07. The minimum Gasteiger partial charge on any atom is -0.345 e. The number of nitrogens with zero attached hydrogens (tertiary/aromatic N) is 3. The average molecular weight is 240 g/mol. The molecule has 0 aromatic heterocycles. The summed E-state index contributed by atoms with van der Waals surface area (Å²) in [5.41, 5.74) is -0.586. The van der Waals surface area contributed by atoms with Crippen molar-refractivity contribution in [3.63, 3.8) is 0 Å². The summed E-state index contributed by atoms with van der Waals surface area (Å²) in [5.74, 6) is -0.606. The second-order valence-corrected chi connectivity index (χ2v) is 3.06. The van der Waals surface area contributed by atoms with E-state index < -0.39 is 11.4 Å². The molecule has 18 heavy (non-hydrogen) atoms. The summed E-state index contributed by atoms with van der Waals surface area (Å²) < 4.78 is 12.9. The van der Waals surface area contributed by atoms with Gasteiger partial charge in [-0.25, -0.2) is 4.39 Å². The molecule has 1 rings (SSSR count). The highest BCUT2D eigenvalue weighted by Gasteiger charge is 2.09. The van der Waals surface area contributed by atoms with Gasteiger partial charge in [-0.15, -0.1) is 0 Å². The third kappa shape index (κ3) is 2.69. The van der Waals surface area contributed by atoms with Crippen molar-refractivity contribution < 1.29 is 9.18 Å². The molecule has 0 aliphatic rings. The lowest BCUT2D eigenvalue weighted by atomic mass is 10.1. The summed E-state index contributed by atoms with van der Waals surface area (Å²) in [6.07, 6.45) is 0.402. The van der Waals surface area contributed by atoms with Crippen LogP contribution in [-0.2, 0) is 0 Å². The molecule has 0 saturated heterocycles. The molecule has 0 atom stereocenters. The van der Waals surface area contributed by atoms with Crippen LogP contribution < -0.4 is 5.32 Å². The highest BCUT2D eigenvalue weighted by Crippen LogP contribution is 2.18. The van der Waals surface area contributed by atoms with E-state index in [2.05, 4.69) is 5.32 Å². The van der Waals surface area contributed by atoms with E-state index in [1.54, 1.807) is 18.2 Å². The maximum Gasteiger partial charge on any atom is 0.163 e. The Hall–Kier alpha value is -3.17. The molecule has 1 aromatic carbocycles. The molecule has 0 saturated carbocycles. The minimum absolute atomic E-state index is 0.0158. The molecule has 0 amide bonds. The predicted octanol–water partition coefficient (Wildman–Crippen LogP) is 1.87. The molecular weight excluding hydrogens is 235 g/mol. The van der Waals surface area contributed by atoms with Gasteiger partial charge in [0.1, 0.15) is 29.7 Å². The van der Waals surface area contributed by atoms with Crippen LogP contribution in [0.25, 0.3) is 0 Å². The fraction of sp³-hybridized carbons (Fsp3) is 0. The maximum atomic E-state index is 12.9. The van der Waals surface area contributed by atoms with Crippen LogP contribution in [0.1, 0.15) is 10.4 Å². The van der Waals surface area contributed by atoms with Gasteiger partial charge in [-0.05, 0) is 18.2 Å². The second kappa shape index (κ2) is 5.79. The van der Waals surface area contributed by atoms with Crippen LogP contribution in [0.3, 0.4) is 0 Å². The first-order valence-electron chi connectivity index (χ1n) is 4.62. The zero-order valence-corrected chi connectivity index (χ0v) is 8.94. The molecule has 86 valence electrons. The summed E-state index contributed by atoms with van der Waals surface area (Å²) in [4.78, 5) is 10.7. The van der Waals surface area contributed by atoms with Crippen molar-refractivity contribution in [2.24, 2.45) is 0 Å². The summed E-state index contributed by atoms with van der Waals surface area (Å²) >= 11 is 0. The van der Waals surface area contributed by atoms with Gasteiger partial charge in [0.2, 0.25) is 0 Å². The largest absolute Gasteiger partial charge is 0.345 e. The van der Waals surface area contributed by atoms with Crippen molar-refractivity contribution in [3.05, 3.63) is 40.8 Å². The third-order valence-corrected chi connectivity index (χ3v) is 1.99. The van der Waals surface area contributed by atoms with Gasteiger partial charge in [-0.2, -0.15) is 15.8 Å². The molecule has 0 unspecified atom stereocenters. The molecule has 0 aliphatic carbocycles. The molecule has 6 heteroatoms. The number of nitriles is 3. The Balaban J connectivity index is 3.25. The number of allylic oxidation sites excluding steroid dienone is 2. The van der Waals surface area contributed by atoms with E-state index in [9.17, 15) is 9.18 Å². The number of halogens is 1. The number of anilines is 1. The number of nitrogens with one attached hydrogen (secondary N) is 1. The Morgan fingerprint density at radius 1 is 1.22 bits per heavy atom. The quantitative estimate of drug-likeness (QED) is 0.642. The summed E-state index contributed by atoms with van der Waals surface area (Å²) in [6.45, 7) is 0. The lowest BCUT2D eigenvalue weighted by Crippen LogP contribution is -2.03. The Morgan fingerprint density at radius 2 is 1.89 bits per heavy atom. The van der Waals surface area contributed by atoms with Crippen molar-refractivity contribution >= 4 is 12.0 Å². The average Bonchev–Trinajstić information content (AvgIpc) is 2.40. The number of benzene rings is 1. The topological polar surface area (TPSA) is 100 Å². The standard InChI is InChI=1S/C12H5FN4O/c13-10-1-2-11(8(3-10)7-18)17-12(6-16)9(4-14)5-15/h1-3,7,17H. The zero-order chi connectivity index (χ0) is 13.5. The van der Waals surface area contributed by atoms with Gasteiger partial charge in [-0.3, -0.25) is 4.79 Å². The Morgan fingerprint density at radius 3 is 2.39 bits per heavy atom. The number of aldehydes is 1. The van der Waals surface area contributed by atoms with Crippen molar-refractivity contribution in [2.45, 2.75) is 0 Å². The van der Waals surface area contributed by atoms with Crippen LogP contribution in [0.15, 0.2) is 29.5 Å². The van der Waals surface area contributed by atoms with Crippen LogP contribution in [0, 0.1) is 39.8 Å². The monoisotopic (exact) mass is 240 g/mol. The van der Waals surface area contributed by atoms with E-state index in [1.807, 2.05) is 0 Å². The highest BCUT2D eigenvalue weighted by molar-refractivity contribution is 5.85. The molecule has 0 radical (unpaired) electrons. The maximum absolute atomic E-state index is 12.9. The number of hydrogen-bond donors (Lipinski definition) is 1.